The number of likely N-dealkylation sites (N-methyl/N-ethyl adjacent to an activating group) is 1. The van der Waals surface area contributed by atoms with Crippen LogP contribution in [0.4, 0.5) is 0 Å². The predicted molar refractivity (Wildman–Crippen MR) is 58.1 cm³/mol. The summed E-state index contributed by atoms with van der Waals surface area (Å²) in [7, 11) is 2.02. The summed E-state index contributed by atoms with van der Waals surface area (Å²) in [4.78, 5) is 2.12. The van der Waals surface area contributed by atoms with Crippen molar-refractivity contribution >= 4 is 0 Å². The number of nitrogens with zero attached hydrogens (tertiary/aromatic N) is 5. The first-order chi connectivity index (χ1) is 7.27. The molecule has 6 nitrogen and oxygen atoms in total. The predicted octanol–water partition coefficient (Wildman–Crippen LogP) is -0.136. The maximum Gasteiger partial charge on any atom is 0.165 e. The molecule has 0 saturated carbocycles. The maximum atomic E-state index is 5.48. The van der Waals surface area contributed by atoms with E-state index < -0.39 is 0 Å². The van der Waals surface area contributed by atoms with Crippen LogP contribution in [0.25, 0.3) is 0 Å². The zero-order valence-electron chi connectivity index (χ0n) is 9.56. The SMILES string of the molecule is CCCCn1nnnc1CN(C)CCN. The zero-order chi connectivity index (χ0) is 11.1. The Morgan fingerprint density at radius 1 is 1.47 bits per heavy atom. The third-order valence-corrected chi connectivity index (χ3v) is 2.25. The van der Waals surface area contributed by atoms with Crippen LogP contribution < -0.4 is 5.73 Å². The van der Waals surface area contributed by atoms with Gasteiger partial charge in [0.15, 0.2) is 5.82 Å². The van der Waals surface area contributed by atoms with Crippen LogP contribution in [0.1, 0.15) is 25.6 Å². The summed E-state index contributed by atoms with van der Waals surface area (Å²) in [5, 5.41) is 11.7. The summed E-state index contributed by atoms with van der Waals surface area (Å²) in [5.41, 5.74) is 5.48. The molecule has 0 saturated heterocycles. The topological polar surface area (TPSA) is 72.9 Å². The Morgan fingerprint density at radius 3 is 2.93 bits per heavy atom. The second-order valence-corrected chi connectivity index (χ2v) is 3.70. The summed E-state index contributed by atoms with van der Waals surface area (Å²) >= 11 is 0. The number of nitrogens with two attached hydrogens (primary N) is 1. The number of hydrogen-bond donors (Lipinski definition) is 1. The van der Waals surface area contributed by atoms with Gasteiger partial charge in [-0.3, -0.25) is 4.90 Å². The molecule has 0 atom stereocenters. The van der Waals surface area contributed by atoms with Gasteiger partial charge in [-0.05, 0) is 23.9 Å². The molecule has 15 heavy (non-hydrogen) atoms. The molecule has 0 bridgehead atoms. The minimum Gasteiger partial charge on any atom is -0.329 e. The second kappa shape index (κ2) is 6.47. The molecule has 0 aliphatic rings. The molecular formula is C9H20N6. The molecule has 2 N–H and O–H groups in total. The molecule has 86 valence electrons. The maximum absolute atomic E-state index is 5.48. The lowest BCUT2D eigenvalue weighted by molar-refractivity contribution is 0.317. The van der Waals surface area contributed by atoms with Crippen LogP contribution in [-0.2, 0) is 13.1 Å². The lowest BCUT2D eigenvalue weighted by atomic mass is 10.3. The Bertz CT molecular complexity index is 271. The van der Waals surface area contributed by atoms with E-state index in [2.05, 4.69) is 27.3 Å². The molecule has 0 unspecified atom stereocenters. The summed E-state index contributed by atoms with van der Waals surface area (Å²) in [6, 6.07) is 0. The molecule has 1 aromatic heterocycles. The van der Waals surface area contributed by atoms with Crippen molar-refractivity contribution in [3.8, 4) is 0 Å². The Kier molecular flexibility index (Phi) is 5.20. The molecule has 0 amide bonds. The Hall–Kier alpha value is -1.01. The van der Waals surface area contributed by atoms with Gasteiger partial charge in [-0.1, -0.05) is 13.3 Å². The molecule has 0 radical (unpaired) electrons. The lowest BCUT2D eigenvalue weighted by Crippen LogP contribution is -2.26. The van der Waals surface area contributed by atoms with Crippen LogP contribution in [0.3, 0.4) is 0 Å². The molecule has 0 aliphatic heterocycles. The molecule has 0 spiro atoms. The molecule has 1 heterocycles. The van der Waals surface area contributed by atoms with Crippen LogP contribution in [0.2, 0.25) is 0 Å². The Balaban J connectivity index is 2.48. The van der Waals surface area contributed by atoms with Gasteiger partial charge in [-0.2, -0.15) is 0 Å². The molecular weight excluding hydrogens is 192 g/mol. The van der Waals surface area contributed by atoms with Crippen molar-refractivity contribution in [3.63, 3.8) is 0 Å². The van der Waals surface area contributed by atoms with Crippen LogP contribution >= 0.6 is 0 Å². The van der Waals surface area contributed by atoms with E-state index in [0.29, 0.717) is 6.54 Å². The number of tetrazole rings is 1. The fourth-order valence-corrected chi connectivity index (χ4v) is 1.36. The highest BCUT2D eigenvalue weighted by Gasteiger charge is 2.07. The average molecular weight is 212 g/mol. The monoisotopic (exact) mass is 212 g/mol. The Labute approximate surface area is 90.4 Å². The summed E-state index contributed by atoms with van der Waals surface area (Å²) in [6.45, 7) is 5.33. The van der Waals surface area contributed by atoms with E-state index in [9.17, 15) is 0 Å². The Morgan fingerprint density at radius 2 is 2.27 bits per heavy atom. The van der Waals surface area contributed by atoms with E-state index in [-0.39, 0.29) is 0 Å². The molecule has 0 fully saturated rings. The van der Waals surface area contributed by atoms with Crippen molar-refractivity contribution in [3.05, 3.63) is 5.82 Å². The smallest absolute Gasteiger partial charge is 0.165 e. The van der Waals surface area contributed by atoms with Crippen molar-refractivity contribution in [2.75, 3.05) is 20.1 Å². The van der Waals surface area contributed by atoms with Gasteiger partial charge < -0.3 is 5.73 Å². The van der Waals surface area contributed by atoms with Gasteiger partial charge in [0, 0.05) is 19.6 Å². The van der Waals surface area contributed by atoms with Crippen molar-refractivity contribution in [2.24, 2.45) is 5.73 Å². The highest BCUT2D eigenvalue weighted by molar-refractivity contribution is 4.80. The lowest BCUT2D eigenvalue weighted by Gasteiger charge is -2.14. The first-order valence-electron chi connectivity index (χ1n) is 5.41. The third kappa shape index (κ3) is 3.93. The molecule has 1 aromatic rings. The second-order valence-electron chi connectivity index (χ2n) is 3.70. The van der Waals surface area contributed by atoms with E-state index >= 15 is 0 Å². The summed E-state index contributed by atoms with van der Waals surface area (Å²) in [5.74, 6) is 0.916. The summed E-state index contributed by atoms with van der Waals surface area (Å²) in [6.07, 6.45) is 2.26. The minimum absolute atomic E-state index is 0.660. The first kappa shape index (κ1) is 12.1. The number of rotatable bonds is 7. The highest BCUT2D eigenvalue weighted by Crippen LogP contribution is 1.99. The van der Waals surface area contributed by atoms with Gasteiger partial charge in [-0.25, -0.2) is 4.68 Å². The molecule has 0 aliphatic carbocycles. The number of aromatic nitrogens is 4. The van der Waals surface area contributed by atoms with Crippen molar-refractivity contribution in [2.45, 2.75) is 32.9 Å². The van der Waals surface area contributed by atoms with Crippen molar-refractivity contribution in [1.82, 2.24) is 25.1 Å². The van der Waals surface area contributed by atoms with Gasteiger partial charge in [0.2, 0.25) is 0 Å². The zero-order valence-corrected chi connectivity index (χ0v) is 9.56. The van der Waals surface area contributed by atoms with E-state index in [1.165, 1.54) is 0 Å². The van der Waals surface area contributed by atoms with Gasteiger partial charge in [0.25, 0.3) is 0 Å². The molecule has 1 rings (SSSR count). The highest BCUT2D eigenvalue weighted by atomic mass is 15.5. The number of aryl methyl sites for hydroxylation is 1. The van der Waals surface area contributed by atoms with Gasteiger partial charge >= 0.3 is 0 Å². The fraction of sp³-hybridized carbons (Fsp3) is 0.889. The van der Waals surface area contributed by atoms with Crippen LogP contribution in [0.5, 0.6) is 0 Å². The van der Waals surface area contributed by atoms with Crippen molar-refractivity contribution in [1.29, 1.82) is 0 Å². The fourth-order valence-electron chi connectivity index (χ4n) is 1.36. The van der Waals surface area contributed by atoms with E-state index in [1.807, 2.05) is 11.7 Å². The van der Waals surface area contributed by atoms with E-state index in [4.69, 9.17) is 5.73 Å². The molecule has 6 heteroatoms. The minimum atomic E-state index is 0.660. The van der Waals surface area contributed by atoms with Gasteiger partial charge in [-0.15, -0.1) is 5.10 Å². The third-order valence-electron chi connectivity index (χ3n) is 2.25. The first-order valence-corrected chi connectivity index (χ1v) is 5.41. The van der Waals surface area contributed by atoms with E-state index in [0.717, 1.165) is 38.3 Å². The van der Waals surface area contributed by atoms with Crippen molar-refractivity contribution < 1.29 is 0 Å². The summed E-state index contributed by atoms with van der Waals surface area (Å²) < 4.78 is 1.87. The van der Waals surface area contributed by atoms with E-state index in [1.54, 1.807) is 0 Å². The van der Waals surface area contributed by atoms with Gasteiger partial charge in [0.1, 0.15) is 0 Å². The number of hydrogen-bond acceptors (Lipinski definition) is 5. The quantitative estimate of drug-likeness (QED) is 0.681. The standard InChI is InChI=1S/C9H20N6/c1-3-4-6-15-9(11-12-13-15)8-14(2)7-5-10/h3-8,10H2,1-2H3. The van der Waals surface area contributed by atoms with Gasteiger partial charge in [0.05, 0.1) is 6.54 Å². The largest absolute Gasteiger partial charge is 0.329 e. The van der Waals surface area contributed by atoms with Crippen LogP contribution in [0, 0.1) is 0 Å². The normalized spacial score (nSPS) is 11.2. The van der Waals surface area contributed by atoms with Crippen LogP contribution in [-0.4, -0.2) is 45.2 Å². The average Bonchev–Trinajstić information content (AvgIpc) is 2.63. The van der Waals surface area contributed by atoms with Crippen LogP contribution in [0.15, 0.2) is 0 Å². The number of unbranched alkanes of at least 4 members (excludes halogenated alkanes) is 1. The molecule has 0 aromatic carbocycles.